The molecule has 0 N–H and O–H groups in total. The highest BCUT2D eigenvalue weighted by atomic mass is 35.5. The van der Waals surface area contributed by atoms with E-state index in [-0.39, 0.29) is 0 Å². The maximum absolute atomic E-state index is 6.05. The minimum absolute atomic E-state index is 0.427. The zero-order valence-corrected chi connectivity index (χ0v) is 13.1. The van der Waals surface area contributed by atoms with Gasteiger partial charge in [-0.05, 0) is 31.0 Å². The van der Waals surface area contributed by atoms with Crippen molar-refractivity contribution in [2.45, 2.75) is 31.7 Å². The van der Waals surface area contributed by atoms with Gasteiger partial charge in [0.15, 0.2) is 0 Å². The molecular weight excluding hydrogens is 281 g/mol. The molecule has 1 aromatic rings. The largest absolute Gasteiger partial charge is 0.357 e. The SMILES string of the molecule is CCN1CCC(N(C)c2cc(CCl)c(Cl)cn2)CC1. The first-order chi connectivity index (χ1) is 9.15. The van der Waals surface area contributed by atoms with Gasteiger partial charge in [-0.3, -0.25) is 0 Å². The zero-order chi connectivity index (χ0) is 13.8. The fraction of sp³-hybridized carbons (Fsp3) is 0.643. The lowest BCUT2D eigenvalue weighted by Gasteiger charge is -2.37. The Morgan fingerprint density at radius 3 is 2.68 bits per heavy atom. The number of pyridine rings is 1. The van der Waals surface area contributed by atoms with Crippen LogP contribution in [0, 0.1) is 0 Å². The molecule has 0 saturated carbocycles. The molecule has 1 aromatic heterocycles. The number of alkyl halides is 1. The molecule has 2 rings (SSSR count). The van der Waals surface area contributed by atoms with E-state index in [1.807, 2.05) is 6.07 Å². The van der Waals surface area contributed by atoms with Gasteiger partial charge in [0.25, 0.3) is 0 Å². The highest BCUT2D eigenvalue weighted by Crippen LogP contribution is 2.25. The minimum atomic E-state index is 0.427. The van der Waals surface area contributed by atoms with Crippen LogP contribution in [0.2, 0.25) is 5.02 Å². The van der Waals surface area contributed by atoms with Crippen molar-refractivity contribution < 1.29 is 0 Å². The van der Waals surface area contributed by atoms with Crippen LogP contribution in [-0.4, -0.2) is 42.6 Å². The molecule has 0 bridgehead atoms. The van der Waals surface area contributed by atoms with Crippen LogP contribution in [-0.2, 0) is 5.88 Å². The summed E-state index contributed by atoms with van der Waals surface area (Å²) in [6.45, 7) is 5.70. The summed E-state index contributed by atoms with van der Waals surface area (Å²) in [4.78, 5) is 9.18. The predicted molar refractivity (Wildman–Crippen MR) is 82.3 cm³/mol. The van der Waals surface area contributed by atoms with Crippen LogP contribution < -0.4 is 4.90 Å². The number of halogens is 2. The number of aromatic nitrogens is 1. The summed E-state index contributed by atoms with van der Waals surface area (Å²) in [5.74, 6) is 1.39. The first kappa shape index (κ1) is 14.9. The van der Waals surface area contributed by atoms with Crippen molar-refractivity contribution in [2.24, 2.45) is 0 Å². The molecule has 106 valence electrons. The molecule has 2 heterocycles. The average molecular weight is 302 g/mol. The number of nitrogens with zero attached hydrogens (tertiary/aromatic N) is 3. The molecule has 0 radical (unpaired) electrons. The number of anilines is 1. The predicted octanol–water partition coefficient (Wildman–Crippen LogP) is 3.39. The summed E-state index contributed by atoms with van der Waals surface area (Å²) >= 11 is 11.9. The molecule has 0 aromatic carbocycles. The summed E-state index contributed by atoms with van der Waals surface area (Å²) in [6.07, 6.45) is 4.07. The fourth-order valence-electron chi connectivity index (χ4n) is 2.57. The number of likely N-dealkylation sites (tertiary alicyclic amines) is 1. The van der Waals surface area contributed by atoms with Gasteiger partial charge in [-0.2, -0.15) is 0 Å². The molecule has 19 heavy (non-hydrogen) atoms. The highest BCUT2D eigenvalue weighted by molar-refractivity contribution is 6.32. The van der Waals surface area contributed by atoms with Gasteiger partial charge < -0.3 is 9.80 Å². The molecule has 0 unspecified atom stereocenters. The summed E-state index contributed by atoms with van der Waals surface area (Å²) in [5, 5.41) is 0.646. The van der Waals surface area contributed by atoms with Crippen LogP contribution in [0.25, 0.3) is 0 Å². The normalized spacial score (nSPS) is 17.7. The van der Waals surface area contributed by atoms with E-state index in [1.54, 1.807) is 6.20 Å². The quantitative estimate of drug-likeness (QED) is 0.795. The second-order valence-electron chi connectivity index (χ2n) is 5.04. The summed E-state index contributed by atoms with van der Waals surface area (Å²) in [7, 11) is 2.11. The van der Waals surface area contributed by atoms with Gasteiger partial charge in [-0.1, -0.05) is 18.5 Å². The fourth-order valence-corrected chi connectivity index (χ4v) is 3.03. The molecule has 0 amide bonds. The maximum atomic E-state index is 6.05. The van der Waals surface area contributed by atoms with Crippen LogP contribution in [0.15, 0.2) is 12.3 Å². The van der Waals surface area contributed by atoms with E-state index < -0.39 is 0 Å². The Hall–Kier alpha value is -0.510. The van der Waals surface area contributed by atoms with Gasteiger partial charge in [-0.15, -0.1) is 11.6 Å². The maximum Gasteiger partial charge on any atom is 0.128 e. The van der Waals surface area contributed by atoms with E-state index in [1.165, 1.54) is 25.9 Å². The number of piperidine rings is 1. The first-order valence-electron chi connectivity index (χ1n) is 6.81. The van der Waals surface area contributed by atoms with Crippen LogP contribution in [0.3, 0.4) is 0 Å². The van der Waals surface area contributed by atoms with Crippen LogP contribution in [0.4, 0.5) is 5.82 Å². The van der Waals surface area contributed by atoms with E-state index in [0.29, 0.717) is 16.9 Å². The molecular formula is C14H21Cl2N3. The van der Waals surface area contributed by atoms with E-state index in [0.717, 1.165) is 17.9 Å². The average Bonchev–Trinajstić information content (AvgIpc) is 2.47. The van der Waals surface area contributed by atoms with Gasteiger partial charge in [0.2, 0.25) is 0 Å². The van der Waals surface area contributed by atoms with Crippen molar-refractivity contribution in [2.75, 3.05) is 31.6 Å². The number of hydrogen-bond acceptors (Lipinski definition) is 3. The van der Waals surface area contributed by atoms with Crippen molar-refractivity contribution in [3.05, 3.63) is 22.8 Å². The lowest BCUT2D eigenvalue weighted by Crippen LogP contribution is -2.43. The molecule has 1 aliphatic rings. The summed E-state index contributed by atoms with van der Waals surface area (Å²) in [5.41, 5.74) is 0.950. The molecule has 5 heteroatoms. The topological polar surface area (TPSA) is 19.4 Å². The second kappa shape index (κ2) is 6.78. The molecule has 0 aliphatic carbocycles. The van der Waals surface area contributed by atoms with Crippen LogP contribution >= 0.6 is 23.2 Å². The van der Waals surface area contributed by atoms with Crippen molar-refractivity contribution in [3.8, 4) is 0 Å². The Balaban J connectivity index is 2.05. The van der Waals surface area contributed by atoms with Gasteiger partial charge in [0, 0.05) is 38.3 Å². The van der Waals surface area contributed by atoms with Crippen molar-refractivity contribution in [3.63, 3.8) is 0 Å². The van der Waals surface area contributed by atoms with Gasteiger partial charge in [0.05, 0.1) is 5.02 Å². The van der Waals surface area contributed by atoms with Crippen molar-refractivity contribution in [1.29, 1.82) is 0 Å². The lowest BCUT2D eigenvalue weighted by atomic mass is 10.0. The Morgan fingerprint density at radius 1 is 1.42 bits per heavy atom. The van der Waals surface area contributed by atoms with Gasteiger partial charge in [-0.25, -0.2) is 4.98 Å². The van der Waals surface area contributed by atoms with Crippen molar-refractivity contribution >= 4 is 29.0 Å². The highest BCUT2D eigenvalue weighted by Gasteiger charge is 2.22. The monoisotopic (exact) mass is 301 g/mol. The Morgan fingerprint density at radius 2 is 2.11 bits per heavy atom. The zero-order valence-electron chi connectivity index (χ0n) is 11.6. The number of hydrogen-bond donors (Lipinski definition) is 0. The smallest absolute Gasteiger partial charge is 0.128 e. The molecule has 1 fully saturated rings. The van der Waals surface area contributed by atoms with Crippen LogP contribution in [0.1, 0.15) is 25.3 Å². The summed E-state index contributed by atoms with van der Waals surface area (Å²) in [6, 6.07) is 2.56. The third-order valence-corrected chi connectivity index (χ3v) is 4.61. The Kier molecular flexibility index (Phi) is 5.31. The molecule has 1 aliphatic heterocycles. The third kappa shape index (κ3) is 3.53. The van der Waals surface area contributed by atoms with Crippen molar-refractivity contribution in [1.82, 2.24) is 9.88 Å². The van der Waals surface area contributed by atoms with Gasteiger partial charge >= 0.3 is 0 Å². The van der Waals surface area contributed by atoms with E-state index in [2.05, 4.69) is 28.8 Å². The summed E-state index contributed by atoms with van der Waals surface area (Å²) < 4.78 is 0. The molecule has 3 nitrogen and oxygen atoms in total. The third-order valence-electron chi connectivity index (χ3n) is 3.98. The second-order valence-corrected chi connectivity index (χ2v) is 5.72. The standard InChI is InChI=1S/C14H21Cl2N3/c1-3-19-6-4-12(5-7-19)18(2)14-8-11(9-15)13(16)10-17-14/h8,10,12H,3-7,9H2,1-2H3. The Bertz CT molecular complexity index is 417. The van der Waals surface area contributed by atoms with E-state index in [9.17, 15) is 0 Å². The van der Waals surface area contributed by atoms with Gasteiger partial charge in [0.1, 0.15) is 5.82 Å². The van der Waals surface area contributed by atoms with E-state index >= 15 is 0 Å². The molecule has 0 spiro atoms. The Labute approximate surface area is 125 Å². The molecule has 0 atom stereocenters. The number of rotatable bonds is 4. The van der Waals surface area contributed by atoms with Crippen LogP contribution in [0.5, 0.6) is 0 Å². The molecule has 1 saturated heterocycles. The lowest BCUT2D eigenvalue weighted by molar-refractivity contribution is 0.220. The van der Waals surface area contributed by atoms with E-state index in [4.69, 9.17) is 23.2 Å². The minimum Gasteiger partial charge on any atom is -0.357 e. The first-order valence-corrected chi connectivity index (χ1v) is 7.72.